The van der Waals surface area contributed by atoms with E-state index in [-0.39, 0.29) is 10.6 Å². The molecule has 0 atom stereocenters. The molecule has 0 saturated heterocycles. The quantitative estimate of drug-likeness (QED) is 0.560. The summed E-state index contributed by atoms with van der Waals surface area (Å²) in [7, 11) is -4.77. The average molecular weight is 429 g/mol. The van der Waals surface area contributed by atoms with Crippen molar-refractivity contribution in [3.63, 3.8) is 0 Å². The molecule has 0 aliphatic carbocycles. The van der Waals surface area contributed by atoms with Gasteiger partial charge in [0.25, 0.3) is 10.0 Å². The molecule has 0 unspecified atom stereocenters. The second kappa shape index (κ2) is 7.04. The molecule has 1 heterocycles. The van der Waals surface area contributed by atoms with Gasteiger partial charge in [-0.05, 0) is 30.3 Å². The van der Waals surface area contributed by atoms with E-state index in [4.69, 9.17) is 11.6 Å². The van der Waals surface area contributed by atoms with E-state index in [1.165, 1.54) is 38.4 Å². The monoisotopic (exact) mass is 428 g/mol. The molecule has 144 valence electrons. The van der Waals surface area contributed by atoms with Crippen LogP contribution in [-0.2, 0) is 20.2 Å². The van der Waals surface area contributed by atoms with Crippen molar-refractivity contribution < 1.29 is 16.8 Å². The molecule has 0 saturated carbocycles. The summed E-state index contributed by atoms with van der Waals surface area (Å²) in [5, 5.41) is 1.19. The van der Waals surface area contributed by atoms with Crippen LogP contribution in [0, 0.1) is 0 Å². The maximum atomic E-state index is 12.7. The standard InChI is InChI=1S/C16H17ClN4O4S2/c1-21(2)27(24,25)19-11-6-8-12(9-7-11)26(22,23)20-15-5-3-4-13-14(17)10-18-16(13)15/h3-10,18-20H,1-2H3. The minimum atomic E-state index is -3.87. The van der Waals surface area contributed by atoms with Gasteiger partial charge in [0.2, 0.25) is 0 Å². The first-order chi connectivity index (χ1) is 12.6. The number of hydrogen-bond acceptors (Lipinski definition) is 4. The number of para-hydroxylation sites is 1. The molecule has 0 spiro atoms. The third-order valence-electron chi connectivity index (χ3n) is 3.80. The van der Waals surface area contributed by atoms with Crippen LogP contribution in [0.15, 0.2) is 53.6 Å². The minimum Gasteiger partial charge on any atom is -0.358 e. The van der Waals surface area contributed by atoms with E-state index in [1.807, 2.05) is 0 Å². The summed E-state index contributed by atoms with van der Waals surface area (Å²) in [4.78, 5) is 2.93. The molecular formula is C16H17ClN4O4S2. The van der Waals surface area contributed by atoms with Crippen LogP contribution in [0.5, 0.6) is 0 Å². The SMILES string of the molecule is CN(C)S(=O)(=O)Nc1ccc(S(=O)(=O)Nc2cccc3c(Cl)c[nH]c23)cc1. The number of sulfonamides is 1. The van der Waals surface area contributed by atoms with Crippen LogP contribution in [0.1, 0.15) is 0 Å². The molecule has 0 bridgehead atoms. The molecule has 0 amide bonds. The lowest BCUT2D eigenvalue weighted by atomic mass is 10.2. The number of aromatic amines is 1. The van der Waals surface area contributed by atoms with Crippen molar-refractivity contribution in [3.8, 4) is 0 Å². The Morgan fingerprint density at radius 1 is 0.963 bits per heavy atom. The second-order valence-electron chi connectivity index (χ2n) is 5.88. The van der Waals surface area contributed by atoms with Crippen molar-refractivity contribution in [2.75, 3.05) is 23.5 Å². The lowest BCUT2D eigenvalue weighted by Crippen LogP contribution is -2.28. The number of anilines is 2. The molecule has 27 heavy (non-hydrogen) atoms. The van der Waals surface area contributed by atoms with Gasteiger partial charge in [-0.25, -0.2) is 8.42 Å². The summed E-state index contributed by atoms with van der Waals surface area (Å²) >= 11 is 6.06. The highest BCUT2D eigenvalue weighted by atomic mass is 35.5. The van der Waals surface area contributed by atoms with E-state index >= 15 is 0 Å². The predicted octanol–water partition coefficient (Wildman–Crippen LogP) is 2.84. The molecule has 0 fully saturated rings. The zero-order valence-electron chi connectivity index (χ0n) is 14.4. The van der Waals surface area contributed by atoms with Crippen molar-refractivity contribution in [3.05, 3.63) is 53.7 Å². The van der Waals surface area contributed by atoms with Crippen molar-refractivity contribution in [1.82, 2.24) is 9.29 Å². The van der Waals surface area contributed by atoms with E-state index in [0.29, 0.717) is 21.6 Å². The molecule has 11 heteroatoms. The Morgan fingerprint density at radius 2 is 1.63 bits per heavy atom. The van der Waals surface area contributed by atoms with Crippen LogP contribution in [-0.4, -0.2) is 40.2 Å². The zero-order valence-corrected chi connectivity index (χ0v) is 16.8. The predicted molar refractivity (Wildman–Crippen MR) is 107 cm³/mol. The summed E-state index contributed by atoms with van der Waals surface area (Å²) < 4.78 is 54.8. The number of H-pyrrole nitrogens is 1. The number of nitrogens with zero attached hydrogens (tertiary/aromatic N) is 1. The molecule has 3 N–H and O–H groups in total. The van der Waals surface area contributed by atoms with Gasteiger partial charge in [0, 0.05) is 31.4 Å². The van der Waals surface area contributed by atoms with Gasteiger partial charge in [0.1, 0.15) is 0 Å². The summed E-state index contributed by atoms with van der Waals surface area (Å²) in [6.07, 6.45) is 1.58. The van der Waals surface area contributed by atoms with E-state index in [9.17, 15) is 16.8 Å². The molecule has 2 aromatic carbocycles. The first kappa shape index (κ1) is 19.5. The largest absolute Gasteiger partial charge is 0.358 e. The Hall–Kier alpha value is -2.27. The van der Waals surface area contributed by atoms with Crippen molar-refractivity contribution >= 4 is 54.1 Å². The summed E-state index contributed by atoms with van der Waals surface area (Å²) in [5.74, 6) is 0. The Balaban J connectivity index is 1.87. The number of halogens is 1. The average Bonchev–Trinajstić information content (AvgIpc) is 2.97. The summed E-state index contributed by atoms with van der Waals surface area (Å²) in [5.41, 5.74) is 1.18. The second-order valence-corrected chi connectivity index (χ2v) is 9.86. The Bertz CT molecular complexity index is 1190. The van der Waals surface area contributed by atoms with E-state index in [1.54, 1.807) is 24.4 Å². The van der Waals surface area contributed by atoms with Crippen molar-refractivity contribution in [2.24, 2.45) is 0 Å². The fraction of sp³-hybridized carbons (Fsp3) is 0.125. The molecule has 8 nitrogen and oxygen atoms in total. The van der Waals surface area contributed by atoms with Gasteiger partial charge in [-0.15, -0.1) is 0 Å². The van der Waals surface area contributed by atoms with Gasteiger partial charge in [0.15, 0.2) is 0 Å². The van der Waals surface area contributed by atoms with Crippen LogP contribution >= 0.6 is 11.6 Å². The van der Waals surface area contributed by atoms with Gasteiger partial charge in [-0.3, -0.25) is 9.44 Å². The minimum absolute atomic E-state index is 0.00930. The van der Waals surface area contributed by atoms with Gasteiger partial charge in [-0.2, -0.15) is 12.7 Å². The van der Waals surface area contributed by atoms with Crippen LogP contribution in [0.2, 0.25) is 5.02 Å². The first-order valence-electron chi connectivity index (χ1n) is 7.69. The number of benzene rings is 2. The molecular weight excluding hydrogens is 412 g/mol. The Kier molecular flexibility index (Phi) is 5.08. The molecule has 0 aliphatic rings. The van der Waals surface area contributed by atoms with Gasteiger partial charge in [-0.1, -0.05) is 23.7 Å². The third kappa shape index (κ3) is 4.03. The summed E-state index contributed by atoms with van der Waals surface area (Å²) in [6.45, 7) is 0. The van der Waals surface area contributed by atoms with Gasteiger partial charge < -0.3 is 4.98 Å². The first-order valence-corrected chi connectivity index (χ1v) is 11.0. The molecule has 0 radical (unpaired) electrons. The highest BCUT2D eigenvalue weighted by Crippen LogP contribution is 2.30. The maximum absolute atomic E-state index is 12.7. The smallest absolute Gasteiger partial charge is 0.301 e. The Labute approximate surface area is 162 Å². The fourth-order valence-corrected chi connectivity index (χ4v) is 4.25. The van der Waals surface area contributed by atoms with E-state index in [0.717, 1.165) is 4.31 Å². The maximum Gasteiger partial charge on any atom is 0.301 e. The highest BCUT2D eigenvalue weighted by molar-refractivity contribution is 7.92. The summed E-state index contributed by atoms with van der Waals surface area (Å²) in [6, 6.07) is 10.5. The zero-order chi connectivity index (χ0) is 19.8. The number of aromatic nitrogens is 1. The van der Waals surface area contributed by atoms with Crippen LogP contribution < -0.4 is 9.44 Å². The van der Waals surface area contributed by atoms with Crippen LogP contribution in [0.4, 0.5) is 11.4 Å². The highest BCUT2D eigenvalue weighted by Gasteiger charge is 2.18. The number of nitrogens with one attached hydrogen (secondary N) is 3. The number of hydrogen-bond donors (Lipinski definition) is 3. The third-order valence-corrected chi connectivity index (χ3v) is 6.95. The van der Waals surface area contributed by atoms with Crippen molar-refractivity contribution in [1.29, 1.82) is 0 Å². The molecule has 3 rings (SSSR count). The molecule has 3 aromatic rings. The van der Waals surface area contributed by atoms with Gasteiger partial charge in [0.05, 0.1) is 21.1 Å². The van der Waals surface area contributed by atoms with E-state index < -0.39 is 20.2 Å². The van der Waals surface area contributed by atoms with Gasteiger partial charge >= 0.3 is 10.2 Å². The Morgan fingerprint density at radius 3 is 2.26 bits per heavy atom. The fourth-order valence-electron chi connectivity index (χ4n) is 2.35. The number of fused-ring (bicyclic) bond motifs is 1. The lowest BCUT2D eigenvalue weighted by Gasteiger charge is -2.14. The normalized spacial score (nSPS) is 12.4. The van der Waals surface area contributed by atoms with Crippen LogP contribution in [0.3, 0.4) is 0 Å². The molecule has 1 aromatic heterocycles. The topological polar surface area (TPSA) is 111 Å². The number of rotatable bonds is 6. The lowest BCUT2D eigenvalue weighted by molar-refractivity contribution is 0.527. The van der Waals surface area contributed by atoms with Crippen LogP contribution in [0.25, 0.3) is 10.9 Å². The van der Waals surface area contributed by atoms with E-state index in [2.05, 4.69) is 14.4 Å². The van der Waals surface area contributed by atoms with Crippen molar-refractivity contribution in [2.45, 2.75) is 4.90 Å². The molecule has 0 aliphatic heterocycles.